The maximum atomic E-state index is 13.0. The van der Waals surface area contributed by atoms with Gasteiger partial charge in [-0.15, -0.1) is 0 Å². The molecule has 20 nitrogen and oxygen atoms in total. The number of anilines is 7. The molecule has 0 atom stereocenters. The smallest absolute Gasteiger partial charge is 0.410 e. The third-order valence-electron chi connectivity index (χ3n) is 16.1. The molecule has 6 aromatic carbocycles. The van der Waals surface area contributed by atoms with E-state index in [-0.39, 0.29) is 79.6 Å². The number of nitrogens with two attached hydrogens (primary N) is 1. The first-order valence-electron chi connectivity index (χ1n) is 32.1. The fourth-order valence-electron chi connectivity index (χ4n) is 10.9. The van der Waals surface area contributed by atoms with Crippen LogP contribution in [0.5, 0.6) is 11.5 Å². The number of piperidine rings is 2. The number of nitrogen functional groups attached to an aromatic ring is 1. The van der Waals surface area contributed by atoms with E-state index in [1.54, 1.807) is 80.0 Å². The lowest BCUT2D eigenvalue weighted by atomic mass is 9.86. The van der Waals surface area contributed by atoms with Crippen LogP contribution in [0.15, 0.2) is 156 Å². The predicted molar refractivity (Wildman–Crippen MR) is 385 cm³/mol. The average molecular weight is 1420 g/mol. The SMILES string of the molecule is CC(C)S(=O)(=O)c1ccccc1Nc1nc(Cl)ncc1Cl.Cc1cc(N)c(OC(C)C)cc1C1CCN(C(=O)OCc2ccccc2)CC1.Cc1cc(Nc2ncc(Cl)c(Nc3ccccc3S(=O)(=O)C(C)C)n2)c(OC(C)C)cc1C1CCN(C(=O)OCc2ccccc2)CC1. The lowest BCUT2D eigenvalue weighted by Gasteiger charge is -2.32. The Morgan fingerprint density at radius 2 is 0.928 bits per heavy atom. The zero-order valence-electron chi connectivity index (χ0n) is 56.2. The van der Waals surface area contributed by atoms with Crippen molar-refractivity contribution in [2.45, 2.75) is 152 Å². The number of aromatic nitrogens is 4. The van der Waals surface area contributed by atoms with Crippen LogP contribution >= 0.6 is 34.8 Å². The van der Waals surface area contributed by atoms with Crippen molar-refractivity contribution in [3.63, 3.8) is 0 Å². The third-order valence-corrected chi connectivity index (χ3v) is 21.3. The van der Waals surface area contributed by atoms with Crippen LogP contribution in [0.1, 0.15) is 126 Å². The molecule has 2 aliphatic heterocycles. The van der Waals surface area contributed by atoms with E-state index >= 15 is 0 Å². The molecule has 25 heteroatoms. The van der Waals surface area contributed by atoms with E-state index in [1.807, 2.05) is 100 Å². The summed E-state index contributed by atoms with van der Waals surface area (Å²) in [6.45, 7) is 21.8. The number of nitrogens with zero attached hydrogens (tertiary/aromatic N) is 6. The van der Waals surface area contributed by atoms with Crippen LogP contribution in [0, 0.1) is 13.8 Å². The van der Waals surface area contributed by atoms with Gasteiger partial charge in [0.15, 0.2) is 31.3 Å². The Bertz CT molecular complexity index is 4220. The number of hydrogen-bond acceptors (Lipinski definition) is 18. The molecule has 0 unspecified atom stereocenters. The minimum Gasteiger partial charge on any atom is -0.489 e. The van der Waals surface area contributed by atoms with Crippen molar-refractivity contribution in [1.82, 2.24) is 29.7 Å². The molecule has 2 fully saturated rings. The van der Waals surface area contributed by atoms with Crippen LogP contribution in [-0.4, -0.2) is 108 Å². The van der Waals surface area contributed by atoms with Gasteiger partial charge in [-0.2, -0.15) is 9.97 Å². The highest BCUT2D eigenvalue weighted by atomic mass is 35.5. The maximum absolute atomic E-state index is 13.0. The van der Waals surface area contributed by atoms with Crippen molar-refractivity contribution in [2.75, 3.05) is 47.9 Å². The molecule has 2 aromatic heterocycles. The van der Waals surface area contributed by atoms with Gasteiger partial charge in [-0.25, -0.2) is 36.4 Å². The molecule has 8 aromatic rings. The van der Waals surface area contributed by atoms with Crippen LogP contribution in [0.2, 0.25) is 15.3 Å². The topological polar surface area (TPSA) is 259 Å². The van der Waals surface area contributed by atoms with Crippen molar-refractivity contribution >= 4 is 107 Å². The molecule has 2 saturated heterocycles. The van der Waals surface area contributed by atoms with Gasteiger partial charge in [-0.05, 0) is 200 Å². The van der Waals surface area contributed by atoms with Crippen LogP contribution in [0.3, 0.4) is 0 Å². The fraction of sp³-hybridized carbons (Fsp3) is 0.361. The van der Waals surface area contributed by atoms with Gasteiger partial charge >= 0.3 is 12.2 Å². The molecule has 10 rings (SSSR count). The van der Waals surface area contributed by atoms with Gasteiger partial charge in [0.1, 0.15) is 34.8 Å². The molecule has 0 spiro atoms. The number of amides is 2. The first-order chi connectivity index (χ1) is 46.2. The number of sulfone groups is 2. The molecule has 0 saturated carbocycles. The Morgan fingerprint density at radius 3 is 1.38 bits per heavy atom. The predicted octanol–water partition coefficient (Wildman–Crippen LogP) is 17.0. The summed E-state index contributed by atoms with van der Waals surface area (Å²) in [6.07, 6.45) is 5.69. The molecule has 5 N–H and O–H groups in total. The van der Waals surface area contributed by atoms with Crippen molar-refractivity contribution in [3.8, 4) is 11.5 Å². The van der Waals surface area contributed by atoms with E-state index in [9.17, 15) is 26.4 Å². The highest BCUT2D eigenvalue weighted by Gasteiger charge is 2.30. The number of hydrogen-bond donors (Lipinski definition) is 4. The molecule has 97 heavy (non-hydrogen) atoms. The van der Waals surface area contributed by atoms with Crippen LogP contribution in [0.4, 0.5) is 49.9 Å². The lowest BCUT2D eigenvalue weighted by Crippen LogP contribution is -2.38. The van der Waals surface area contributed by atoms with Crippen LogP contribution < -0.4 is 31.2 Å². The molecule has 2 amide bonds. The minimum atomic E-state index is -3.56. The molecule has 0 bridgehead atoms. The number of halogens is 3. The first kappa shape index (κ1) is 74.4. The van der Waals surface area contributed by atoms with E-state index in [0.29, 0.717) is 67.2 Å². The quantitative estimate of drug-likeness (QED) is 0.0408. The summed E-state index contributed by atoms with van der Waals surface area (Å²) in [5, 5.41) is 8.64. The van der Waals surface area contributed by atoms with Crippen molar-refractivity contribution in [3.05, 3.63) is 195 Å². The van der Waals surface area contributed by atoms with Crippen molar-refractivity contribution < 1.29 is 45.4 Å². The Labute approximate surface area is 584 Å². The molecule has 0 radical (unpaired) electrons. The highest BCUT2D eigenvalue weighted by Crippen LogP contribution is 2.40. The number of likely N-dealkylation sites (tertiary alicyclic amines) is 2. The van der Waals surface area contributed by atoms with Crippen molar-refractivity contribution in [1.29, 1.82) is 0 Å². The summed E-state index contributed by atoms with van der Waals surface area (Å²) in [6, 6.07) is 40.8. The average Bonchev–Trinajstić information content (AvgIpc) is 0.833. The van der Waals surface area contributed by atoms with Gasteiger partial charge in [0.05, 0.1) is 67.6 Å². The van der Waals surface area contributed by atoms with E-state index in [4.69, 9.17) is 59.5 Å². The number of rotatable bonds is 20. The second-order valence-corrected chi connectivity index (χ2v) is 30.8. The summed E-state index contributed by atoms with van der Waals surface area (Å²) >= 11 is 18.2. The van der Waals surface area contributed by atoms with E-state index in [2.05, 4.69) is 61.9 Å². The second kappa shape index (κ2) is 34.2. The minimum absolute atomic E-state index is 0.0195. The van der Waals surface area contributed by atoms with Gasteiger partial charge in [-0.1, -0.05) is 108 Å². The van der Waals surface area contributed by atoms with Gasteiger partial charge in [0.25, 0.3) is 0 Å². The molecular weight excluding hydrogens is 1340 g/mol. The van der Waals surface area contributed by atoms with E-state index < -0.39 is 30.2 Å². The Morgan fingerprint density at radius 1 is 0.526 bits per heavy atom. The van der Waals surface area contributed by atoms with Gasteiger partial charge < -0.3 is 50.4 Å². The molecule has 0 aliphatic carbocycles. The lowest BCUT2D eigenvalue weighted by molar-refractivity contribution is 0.0863. The van der Waals surface area contributed by atoms with Crippen LogP contribution in [-0.2, 0) is 42.4 Å². The number of aryl methyl sites for hydroxylation is 2. The van der Waals surface area contributed by atoms with Gasteiger partial charge in [0.2, 0.25) is 11.2 Å². The monoisotopic (exact) mass is 1420 g/mol. The number of nitrogens with one attached hydrogen (secondary N) is 3. The van der Waals surface area contributed by atoms with Crippen molar-refractivity contribution in [2.24, 2.45) is 0 Å². The first-order valence-corrected chi connectivity index (χ1v) is 36.4. The number of para-hydroxylation sites is 2. The van der Waals surface area contributed by atoms with E-state index in [1.165, 1.54) is 29.6 Å². The fourth-order valence-corrected chi connectivity index (χ4v) is 13.8. The summed E-state index contributed by atoms with van der Waals surface area (Å²) in [4.78, 5) is 45.7. The van der Waals surface area contributed by atoms with Gasteiger partial charge in [0, 0.05) is 26.2 Å². The number of benzene rings is 6. The molecule has 516 valence electrons. The Balaban J connectivity index is 0.000000206. The zero-order chi connectivity index (χ0) is 70.1. The molecule has 2 aliphatic rings. The number of carbonyl (C=O) groups excluding carboxylic acids is 2. The largest absolute Gasteiger partial charge is 0.489 e. The Kier molecular flexibility index (Phi) is 26.2. The molecule has 4 heterocycles. The summed E-state index contributed by atoms with van der Waals surface area (Å²) in [5.41, 5.74) is 14.9. The second-order valence-electron chi connectivity index (χ2n) is 24.7. The summed E-state index contributed by atoms with van der Waals surface area (Å²) in [5.74, 6) is 2.81. The van der Waals surface area contributed by atoms with Gasteiger partial charge in [-0.3, -0.25) is 0 Å². The summed E-state index contributed by atoms with van der Waals surface area (Å²) in [7, 11) is -6.99. The number of carbonyl (C=O) groups is 2. The van der Waals surface area contributed by atoms with Crippen LogP contribution in [0.25, 0.3) is 0 Å². The number of ether oxygens (including phenoxy) is 4. The maximum Gasteiger partial charge on any atom is 0.410 e. The Hall–Kier alpha value is -8.41. The van der Waals surface area contributed by atoms with E-state index in [0.717, 1.165) is 53.7 Å². The standard InChI is InChI=1S/C36H42ClN5O5S.C23H30N2O3.C13H13Cl2N3O2S/c1-23(2)47-32-20-28(27-15-17-42(18-16-27)36(43)46-22-26-11-7-6-8-12-26)25(5)19-31(32)40-35-38-21-29(37)34(41-35)39-30-13-9-10-14-33(30)48(44,45)24(3)4;1-16(2)28-22-14-20(17(3)13-21(22)24)19-9-11-25(12-10-19)23(26)27-15-18-7-5-4-6-8-18;1-8(2)21(19,20)11-6-4-3-5-10(11)17-12-9(14)7-16-13(15)18-12/h6-14,19-21,23-24,27H,15-18,22H2,1-5H3,(H2,38,39,40,41);4-8,13-14,16,19H,9-12,15,24H2,1-3H3;3-8H,1-2H3,(H,16,17,18). The zero-order valence-corrected chi connectivity index (χ0v) is 60.1. The normalized spacial score (nSPS) is 13.7. The highest BCUT2D eigenvalue weighted by molar-refractivity contribution is 7.92. The third kappa shape index (κ3) is 20.3. The molecular formula is C72H85Cl3N10O10S2. The summed E-state index contributed by atoms with van der Waals surface area (Å²) < 4.78 is 73.9.